The standard InChI is InChI=1S/C19H19N3O/c1-2-3-12-23-15-13-18(16-8-4-6-10-20-16)22-19(14-15)17-9-5-7-11-21-17/h4-11,13-14H,2-3,12H2,1H3. The van der Waals surface area contributed by atoms with Crippen molar-refractivity contribution in [3.63, 3.8) is 0 Å². The molecule has 3 rings (SSSR count). The zero-order valence-electron chi connectivity index (χ0n) is 13.1. The van der Waals surface area contributed by atoms with Crippen molar-refractivity contribution in [2.24, 2.45) is 0 Å². The fourth-order valence-electron chi connectivity index (χ4n) is 2.21. The fourth-order valence-corrected chi connectivity index (χ4v) is 2.21. The Bertz CT molecular complexity index is 687. The molecule has 0 atom stereocenters. The van der Waals surface area contributed by atoms with Crippen LogP contribution in [0.3, 0.4) is 0 Å². The van der Waals surface area contributed by atoms with Crippen LogP contribution in [0.1, 0.15) is 19.8 Å². The van der Waals surface area contributed by atoms with Gasteiger partial charge in [-0.1, -0.05) is 25.5 Å². The van der Waals surface area contributed by atoms with Gasteiger partial charge in [0.25, 0.3) is 0 Å². The van der Waals surface area contributed by atoms with E-state index in [9.17, 15) is 0 Å². The molecule has 0 aliphatic heterocycles. The molecule has 3 heterocycles. The molecule has 4 heteroatoms. The molecule has 0 bridgehead atoms. The minimum Gasteiger partial charge on any atom is -0.493 e. The molecule has 0 saturated heterocycles. The van der Waals surface area contributed by atoms with Crippen LogP contribution in [0.5, 0.6) is 5.75 Å². The number of hydrogen-bond acceptors (Lipinski definition) is 4. The van der Waals surface area contributed by atoms with E-state index < -0.39 is 0 Å². The van der Waals surface area contributed by atoms with E-state index in [1.54, 1.807) is 12.4 Å². The molecule has 0 aliphatic rings. The second kappa shape index (κ2) is 7.49. The van der Waals surface area contributed by atoms with Gasteiger partial charge in [0.15, 0.2) is 0 Å². The third-order valence-corrected chi connectivity index (χ3v) is 3.42. The first-order valence-corrected chi connectivity index (χ1v) is 7.84. The van der Waals surface area contributed by atoms with Gasteiger partial charge in [-0.2, -0.15) is 0 Å². The minimum absolute atomic E-state index is 0.698. The fraction of sp³-hybridized carbons (Fsp3) is 0.211. The Hall–Kier alpha value is -2.75. The molecule has 4 nitrogen and oxygen atoms in total. The van der Waals surface area contributed by atoms with Crippen LogP contribution >= 0.6 is 0 Å². The van der Waals surface area contributed by atoms with Gasteiger partial charge in [-0.05, 0) is 30.7 Å². The van der Waals surface area contributed by atoms with Crippen LogP contribution in [-0.4, -0.2) is 21.6 Å². The van der Waals surface area contributed by atoms with E-state index in [-0.39, 0.29) is 0 Å². The molecule has 0 unspecified atom stereocenters. The van der Waals surface area contributed by atoms with Crippen LogP contribution in [0.15, 0.2) is 60.9 Å². The van der Waals surface area contributed by atoms with E-state index in [1.165, 1.54) is 0 Å². The highest BCUT2D eigenvalue weighted by atomic mass is 16.5. The molecule has 0 aromatic carbocycles. The van der Waals surface area contributed by atoms with Gasteiger partial charge >= 0.3 is 0 Å². The highest BCUT2D eigenvalue weighted by Gasteiger charge is 2.09. The van der Waals surface area contributed by atoms with Crippen LogP contribution in [0.4, 0.5) is 0 Å². The van der Waals surface area contributed by atoms with Gasteiger partial charge in [-0.25, -0.2) is 4.98 Å². The van der Waals surface area contributed by atoms with Crippen LogP contribution in [0.2, 0.25) is 0 Å². The molecular formula is C19H19N3O. The lowest BCUT2D eigenvalue weighted by molar-refractivity contribution is 0.309. The maximum atomic E-state index is 5.88. The third kappa shape index (κ3) is 3.92. The summed E-state index contributed by atoms with van der Waals surface area (Å²) in [6, 6.07) is 15.5. The van der Waals surface area contributed by atoms with E-state index >= 15 is 0 Å². The normalized spacial score (nSPS) is 10.5. The third-order valence-electron chi connectivity index (χ3n) is 3.42. The van der Waals surface area contributed by atoms with Crippen LogP contribution < -0.4 is 4.74 Å². The number of rotatable bonds is 6. The highest BCUT2D eigenvalue weighted by molar-refractivity contribution is 5.64. The van der Waals surface area contributed by atoms with Gasteiger partial charge in [0.2, 0.25) is 0 Å². The van der Waals surface area contributed by atoms with Crippen molar-refractivity contribution in [1.82, 2.24) is 15.0 Å². The second-order valence-electron chi connectivity index (χ2n) is 5.21. The van der Waals surface area contributed by atoms with Crippen molar-refractivity contribution >= 4 is 0 Å². The molecular weight excluding hydrogens is 286 g/mol. The van der Waals surface area contributed by atoms with Crippen molar-refractivity contribution in [2.45, 2.75) is 19.8 Å². The zero-order chi connectivity index (χ0) is 15.9. The van der Waals surface area contributed by atoms with E-state index in [0.717, 1.165) is 41.4 Å². The lowest BCUT2D eigenvalue weighted by atomic mass is 10.2. The molecule has 0 radical (unpaired) electrons. The molecule has 116 valence electrons. The highest BCUT2D eigenvalue weighted by Crippen LogP contribution is 2.26. The molecule has 0 N–H and O–H groups in total. The molecule has 3 aromatic rings. The lowest BCUT2D eigenvalue weighted by Gasteiger charge is -2.10. The maximum Gasteiger partial charge on any atom is 0.123 e. The monoisotopic (exact) mass is 305 g/mol. The second-order valence-corrected chi connectivity index (χ2v) is 5.21. The van der Waals surface area contributed by atoms with E-state index in [1.807, 2.05) is 48.5 Å². The Morgan fingerprint density at radius 3 is 1.91 bits per heavy atom. The largest absolute Gasteiger partial charge is 0.493 e. The summed E-state index contributed by atoms with van der Waals surface area (Å²) in [5.41, 5.74) is 3.23. The Labute approximate surface area is 136 Å². The summed E-state index contributed by atoms with van der Waals surface area (Å²) in [6.07, 6.45) is 5.66. The first kappa shape index (κ1) is 15.2. The van der Waals surface area contributed by atoms with Crippen molar-refractivity contribution in [1.29, 1.82) is 0 Å². The number of nitrogens with zero attached hydrogens (tertiary/aromatic N) is 3. The predicted molar refractivity (Wildman–Crippen MR) is 91.1 cm³/mol. The predicted octanol–water partition coefficient (Wildman–Crippen LogP) is 4.38. The summed E-state index contributed by atoms with van der Waals surface area (Å²) in [5, 5.41) is 0. The number of unbranched alkanes of at least 4 members (excludes halogenated alkanes) is 1. The van der Waals surface area contributed by atoms with Crippen LogP contribution in [-0.2, 0) is 0 Å². The Morgan fingerprint density at radius 2 is 1.43 bits per heavy atom. The molecule has 0 spiro atoms. The van der Waals surface area contributed by atoms with Crippen molar-refractivity contribution in [3.8, 4) is 28.5 Å². The maximum absolute atomic E-state index is 5.88. The SMILES string of the molecule is CCCCOc1cc(-c2ccccn2)nc(-c2ccccn2)c1. The summed E-state index contributed by atoms with van der Waals surface area (Å²) in [4.78, 5) is 13.5. The van der Waals surface area contributed by atoms with E-state index in [2.05, 4.69) is 16.9 Å². The number of aromatic nitrogens is 3. The van der Waals surface area contributed by atoms with E-state index in [0.29, 0.717) is 6.61 Å². The van der Waals surface area contributed by atoms with Crippen molar-refractivity contribution in [3.05, 3.63) is 60.9 Å². The topological polar surface area (TPSA) is 47.9 Å². The summed E-state index contributed by atoms with van der Waals surface area (Å²) in [6.45, 7) is 2.85. The molecule has 0 fully saturated rings. The zero-order valence-corrected chi connectivity index (χ0v) is 13.1. The Morgan fingerprint density at radius 1 is 0.826 bits per heavy atom. The summed E-state index contributed by atoms with van der Waals surface area (Å²) < 4.78 is 5.88. The molecule has 0 saturated carbocycles. The van der Waals surface area contributed by atoms with Gasteiger partial charge in [-0.15, -0.1) is 0 Å². The average Bonchev–Trinajstić information content (AvgIpc) is 2.63. The number of ether oxygens (including phenoxy) is 1. The Kier molecular flexibility index (Phi) is 4.94. The van der Waals surface area contributed by atoms with E-state index in [4.69, 9.17) is 9.72 Å². The van der Waals surface area contributed by atoms with Crippen molar-refractivity contribution < 1.29 is 4.74 Å². The first-order chi connectivity index (χ1) is 11.4. The average molecular weight is 305 g/mol. The summed E-state index contributed by atoms with van der Waals surface area (Å²) in [5.74, 6) is 0.801. The van der Waals surface area contributed by atoms with Gasteiger partial charge < -0.3 is 4.74 Å². The van der Waals surface area contributed by atoms with Crippen LogP contribution in [0.25, 0.3) is 22.8 Å². The molecule has 0 aliphatic carbocycles. The molecule has 3 aromatic heterocycles. The first-order valence-electron chi connectivity index (χ1n) is 7.84. The number of pyridine rings is 3. The van der Waals surface area contributed by atoms with Gasteiger partial charge in [0.1, 0.15) is 5.75 Å². The summed E-state index contributed by atoms with van der Waals surface area (Å²) >= 11 is 0. The number of hydrogen-bond donors (Lipinski definition) is 0. The van der Waals surface area contributed by atoms with Crippen LogP contribution in [0, 0.1) is 0 Å². The quantitative estimate of drug-likeness (QED) is 0.634. The Balaban J connectivity index is 2.00. The molecule has 23 heavy (non-hydrogen) atoms. The van der Waals surface area contributed by atoms with Crippen molar-refractivity contribution in [2.75, 3.05) is 6.61 Å². The van der Waals surface area contributed by atoms with Gasteiger partial charge in [-0.3, -0.25) is 9.97 Å². The molecule has 0 amide bonds. The smallest absolute Gasteiger partial charge is 0.123 e. The summed E-state index contributed by atoms with van der Waals surface area (Å²) in [7, 11) is 0. The van der Waals surface area contributed by atoms with Gasteiger partial charge in [0.05, 0.1) is 29.4 Å². The lowest BCUT2D eigenvalue weighted by Crippen LogP contribution is -1.99. The van der Waals surface area contributed by atoms with Gasteiger partial charge in [0, 0.05) is 24.5 Å². The minimum atomic E-state index is 0.698.